The molecule has 0 bridgehead atoms. The molecule has 0 spiro atoms. The molecule has 0 saturated carbocycles. The van der Waals surface area contributed by atoms with Gasteiger partial charge in [0, 0.05) is 31.9 Å². The molecule has 3 heterocycles. The molecule has 2 aromatic heterocycles. The number of aryl methyl sites for hydroxylation is 1. The number of nitrogens with zero attached hydrogens (tertiary/aromatic N) is 2. The Labute approximate surface area is 146 Å². The van der Waals surface area contributed by atoms with Gasteiger partial charge in [-0.1, -0.05) is 5.16 Å². The zero-order valence-corrected chi connectivity index (χ0v) is 14.4. The van der Waals surface area contributed by atoms with Crippen LogP contribution >= 0.6 is 0 Å². The van der Waals surface area contributed by atoms with Gasteiger partial charge in [-0.05, 0) is 32.0 Å². The van der Waals surface area contributed by atoms with Crippen LogP contribution in [-0.2, 0) is 16.0 Å². The number of hydrogen-bond acceptors (Lipinski definition) is 7. The first-order valence-electron chi connectivity index (χ1n) is 8.52. The molecule has 2 N–H and O–H groups in total. The smallest absolute Gasteiger partial charge is 0.227 e. The molecular weight excluding hydrogens is 324 g/mol. The predicted molar refractivity (Wildman–Crippen MR) is 89.7 cm³/mol. The van der Waals surface area contributed by atoms with Gasteiger partial charge in [-0.3, -0.25) is 4.79 Å². The molecule has 2 aromatic rings. The minimum Gasteiger partial charge on any atom is -0.472 e. The average molecular weight is 348 g/mol. The third-order valence-corrected chi connectivity index (χ3v) is 4.59. The van der Waals surface area contributed by atoms with Crippen molar-refractivity contribution in [3.05, 3.63) is 24.5 Å². The summed E-state index contributed by atoms with van der Waals surface area (Å²) in [6.07, 6.45) is 5.83. The lowest BCUT2D eigenvalue weighted by molar-refractivity contribution is -0.122. The Hall–Kier alpha value is -2.19. The number of aromatic nitrogens is 2. The molecule has 0 atom stereocenters. The molecule has 1 aliphatic rings. The minimum atomic E-state index is -0.0166. The quantitative estimate of drug-likeness (QED) is 0.743. The van der Waals surface area contributed by atoms with E-state index in [1.165, 1.54) is 0 Å². The van der Waals surface area contributed by atoms with Gasteiger partial charge in [0.25, 0.3) is 0 Å². The normalized spacial score (nSPS) is 16.7. The van der Waals surface area contributed by atoms with Crippen LogP contribution in [0, 0.1) is 5.41 Å². The Morgan fingerprint density at radius 1 is 1.44 bits per heavy atom. The minimum absolute atomic E-state index is 0.0166. The Morgan fingerprint density at radius 3 is 3.00 bits per heavy atom. The highest BCUT2D eigenvalue weighted by Crippen LogP contribution is 2.28. The van der Waals surface area contributed by atoms with Crippen LogP contribution in [0.2, 0.25) is 0 Å². The van der Waals surface area contributed by atoms with Crippen LogP contribution in [0.1, 0.15) is 25.2 Å². The first kappa shape index (κ1) is 17.6. The number of nitrogens with one attached hydrogen (secondary N) is 2. The van der Waals surface area contributed by atoms with Crippen LogP contribution in [0.25, 0.3) is 11.4 Å². The Kier molecular flexibility index (Phi) is 5.83. The summed E-state index contributed by atoms with van der Waals surface area (Å²) in [7, 11) is 1.71. The van der Waals surface area contributed by atoms with Gasteiger partial charge in [0.15, 0.2) is 0 Å². The fourth-order valence-corrected chi connectivity index (χ4v) is 3.10. The van der Waals surface area contributed by atoms with Crippen LogP contribution in [0.15, 0.2) is 27.5 Å². The summed E-state index contributed by atoms with van der Waals surface area (Å²) in [6, 6.07) is 1.76. The van der Waals surface area contributed by atoms with Crippen molar-refractivity contribution in [2.75, 3.05) is 33.4 Å². The Morgan fingerprint density at radius 2 is 2.28 bits per heavy atom. The molecule has 1 fully saturated rings. The molecule has 1 amide bonds. The Balaban J connectivity index is 1.46. The summed E-state index contributed by atoms with van der Waals surface area (Å²) in [5.74, 6) is 0.898. The molecule has 0 aliphatic carbocycles. The van der Waals surface area contributed by atoms with E-state index >= 15 is 0 Å². The molecule has 0 radical (unpaired) electrons. The largest absolute Gasteiger partial charge is 0.472 e. The van der Waals surface area contributed by atoms with Gasteiger partial charge in [-0.2, -0.15) is 4.98 Å². The standard InChI is InChI=1S/C17H24N4O4/c1-23-12-17(5-7-18-8-6-17)11-19-14(22)2-3-15-20-16(21-25-15)13-4-9-24-10-13/h4,9-10,18H,2-3,5-8,11-12H2,1H3,(H,19,22). The average Bonchev–Trinajstić information content (AvgIpc) is 3.30. The number of furan rings is 1. The van der Waals surface area contributed by atoms with Crippen molar-refractivity contribution >= 4 is 5.91 Å². The third-order valence-electron chi connectivity index (χ3n) is 4.59. The first-order chi connectivity index (χ1) is 12.2. The highest BCUT2D eigenvalue weighted by molar-refractivity contribution is 5.76. The van der Waals surface area contributed by atoms with E-state index in [2.05, 4.69) is 20.8 Å². The molecular formula is C17H24N4O4. The van der Waals surface area contributed by atoms with E-state index in [0.717, 1.165) is 31.5 Å². The van der Waals surface area contributed by atoms with Gasteiger partial charge in [-0.25, -0.2) is 0 Å². The highest BCUT2D eigenvalue weighted by atomic mass is 16.5. The molecule has 3 rings (SSSR count). The van der Waals surface area contributed by atoms with E-state index < -0.39 is 0 Å². The van der Waals surface area contributed by atoms with E-state index in [1.54, 1.807) is 25.7 Å². The van der Waals surface area contributed by atoms with Crippen molar-refractivity contribution in [3.8, 4) is 11.4 Å². The second-order valence-corrected chi connectivity index (χ2v) is 6.48. The van der Waals surface area contributed by atoms with E-state index in [-0.39, 0.29) is 11.3 Å². The molecule has 136 valence electrons. The van der Waals surface area contributed by atoms with Crippen molar-refractivity contribution in [1.82, 2.24) is 20.8 Å². The van der Waals surface area contributed by atoms with Gasteiger partial charge >= 0.3 is 0 Å². The SMILES string of the molecule is COCC1(CNC(=O)CCc2nc(-c3ccoc3)no2)CCNCC1. The lowest BCUT2D eigenvalue weighted by Gasteiger charge is -2.37. The number of ether oxygens (including phenoxy) is 1. The molecule has 0 unspecified atom stereocenters. The predicted octanol–water partition coefficient (Wildman–Crippen LogP) is 1.39. The molecule has 25 heavy (non-hydrogen) atoms. The van der Waals surface area contributed by atoms with Crippen LogP contribution in [0.4, 0.5) is 0 Å². The topological polar surface area (TPSA) is 102 Å². The molecule has 1 aliphatic heterocycles. The number of amides is 1. The number of piperidine rings is 1. The lowest BCUT2D eigenvalue weighted by atomic mass is 9.79. The molecule has 0 aromatic carbocycles. The third kappa shape index (κ3) is 4.67. The fraction of sp³-hybridized carbons (Fsp3) is 0.588. The van der Waals surface area contributed by atoms with Gasteiger partial charge in [0.1, 0.15) is 6.26 Å². The Bertz CT molecular complexity index is 656. The monoisotopic (exact) mass is 348 g/mol. The highest BCUT2D eigenvalue weighted by Gasteiger charge is 2.32. The lowest BCUT2D eigenvalue weighted by Crippen LogP contribution is -2.47. The van der Waals surface area contributed by atoms with Crippen molar-refractivity contribution < 1.29 is 18.5 Å². The van der Waals surface area contributed by atoms with Gasteiger partial charge in [-0.15, -0.1) is 0 Å². The second-order valence-electron chi connectivity index (χ2n) is 6.48. The fourth-order valence-electron chi connectivity index (χ4n) is 3.10. The zero-order chi connectivity index (χ0) is 17.5. The second kappa shape index (κ2) is 8.26. The van der Waals surface area contributed by atoms with Crippen LogP contribution in [-0.4, -0.2) is 49.4 Å². The van der Waals surface area contributed by atoms with Crippen molar-refractivity contribution in [2.45, 2.75) is 25.7 Å². The number of carbonyl (C=O) groups excluding carboxylic acids is 1. The number of carbonyl (C=O) groups is 1. The van der Waals surface area contributed by atoms with E-state index in [4.69, 9.17) is 13.7 Å². The maximum Gasteiger partial charge on any atom is 0.227 e. The summed E-state index contributed by atoms with van der Waals surface area (Å²) in [5, 5.41) is 10.3. The van der Waals surface area contributed by atoms with Crippen LogP contribution in [0.5, 0.6) is 0 Å². The van der Waals surface area contributed by atoms with Crippen molar-refractivity contribution in [2.24, 2.45) is 5.41 Å². The first-order valence-corrected chi connectivity index (χ1v) is 8.52. The van der Waals surface area contributed by atoms with Gasteiger partial charge in [0.2, 0.25) is 17.6 Å². The van der Waals surface area contributed by atoms with Crippen molar-refractivity contribution in [1.29, 1.82) is 0 Å². The van der Waals surface area contributed by atoms with Crippen LogP contribution in [0.3, 0.4) is 0 Å². The van der Waals surface area contributed by atoms with E-state index in [1.807, 2.05) is 0 Å². The summed E-state index contributed by atoms with van der Waals surface area (Å²) >= 11 is 0. The molecule has 8 heteroatoms. The van der Waals surface area contributed by atoms with Crippen molar-refractivity contribution in [3.63, 3.8) is 0 Å². The maximum absolute atomic E-state index is 12.2. The van der Waals surface area contributed by atoms with E-state index in [9.17, 15) is 4.79 Å². The summed E-state index contributed by atoms with van der Waals surface area (Å²) < 4.78 is 15.5. The van der Waals surface area contributed by atoms with Gasteiger partial charge < -0.3 is 24.3 Å². The summed E-state index contributed by atoms with van der Waals surface area (Å²) in [5.41, 5.74) is 0.779. The number of rotatable bonds is 8. The molecule has 8 nitrogen and oxygen atoms in total. The zero-order valence-electron chi connectivity index (χ0n) is 14.4. The summed E-state index contributed by atoms with van der Waals surface area (Å²) in [6.45, 7) is 3.20. The van der Waals surface area contributed by atoms with Crippen LogP contribution < -0.4 is 10.6 Å². The number of hydrogen-bond donors (Lipinski definition) is 2. The molecule has 1 saturated heterocycles. The van der Waals surface area contributed by atoms with Gasteiger partial charge in [0.05, 0.1) is 18.4 Å². The van der Waals surface area contributed by atoms with E-state index in [0.29, 0.717) is 37.7 Å². The maximum atomic E-state index is 12.2. The summed E-state index contributed by atoms with van der Waals surface area (Å²) in [4.78, 5) is 16.4. The number of methoxy groups -OCH3 is 1.